The molecule has 0 atom stereocenters. The van der Waals surface area contributed by atoms with Crippen molar-refractivity contribution >= 4 is 34.5 Å². The van der Waals surface area contributed by atoms with Gasteiger partial charge in [0.25, 0.3) is 5.91 Å². The number of nitrogens with one attached hydrogen (secondary N) is 3. The molecule has 0 radical (unpaired) electrons. The summed E-state index contributed by atoms with van der Waals surface area (Å²) in [6, 6.07) is 2.40. The zero-order valence-electron chi connectivity index (χ0n) is 11.9. The van der Waals surface area contributed by atoms with Crippen LogP contribution in [-0.2, 0) is 0 Å². The third-order valence-corrected chi connectivity index (χ3v) is 3.18. The van der Waals surface area contributed by atoms with E-state index in [1.54, 1.807) is 12.3 Å². The first-order valence-electron chi connectivity index (χ1n) is 6.61. The molecule has 0 bridgehead atoms. The van der Waals surface area contributed by atoms with Gasteiger partial charge in [0.15, 0.2) is 5.82 Å². The van der Waals surface area contributed by atoms with E-state index in [9.17, 15) is 18.4 Å². The Morgan fingerprint density at radius 1 is 1.12 bits per heavy atom. The van der Waals surface area contributed by atoms with Crippen LogP contribution in [0.3, 0.4) is 0 Å². The maximum Gasteiger partial charge on any atom is 0.325 e. The lowest BCUT2D eigenvalue weighted by Gasteiger charge is -2.10. The van der Waals surface area contributed by atoms with Crippen molar-refractivity contribution in [2.24, 2.45) is 5.73 Å². The van der Waals surface area contributed by atoms with Gasteiger partial charge in [0, 0.05) is 6.20 Å². The minimum Gasteiger partial charge on any atom is -0.366 e. The second-order valence-electron chi connectivity index (χ2n) is 4.69. The molecule has 122 valence electrons. The number of anilines is 2. The third kappa shape index (κ3) is 2.72. The summed E-state index contributed by atoms with van der Waals surface area (Å²) in [5.74, 6) is -3.25. The number of hydrogen-bond donors (Lipinski definition) is 4. The number of aromatic nitrogens is 3. The second-order valence-corrected chi connectivity index (χ2v) is 4.69. The van der Waals surface area contributed by atoms with Crippen molar-refractivity contribution < 1.29 is 18.4 Å². The monoisotopic (exact) mass is 332 g/mol. The molecule has 24 heavy (non-hydrogen) atoms. The van der Waals surface area contributed by atoms with E-state index >= 15 is 0 Å². The Bertz CT molecular complexity index is 956. The molecule has 0 fully saturated rings. The van der Waals surface area contributed by atoms with E-state index in [4.69, 9.17) is 5.73 Å². The average molecular weight is 332 g/mol. The molecule has 3 amide bonds. The van der Waals surface area contributed by atoms with Crippen LogP contribution in [0, 0.1) is 11.6 Å². The van der Waals surface area contributed by atoms with Gasteiger partial charge in [-0.1, -0.05) is 0 Å². The number of aromatic amines is 1. The van der Waals surface area contributed by atoms with Crippen molar-refractivity contribution in [2.45, 2.75) is 0 Å². The normalized spacial score (nSPS) is 10.6. The highest BCUT2D eigenvalue weighted by atomic mass is 19.1. The Balaban J connectivity index is 1.87. The summed E-state index contributed by atoms with van der Waals surface area (Å²) in [5, 5.41) is 4.87. The SMILES string of the molecule is NC(=O)c1ccc(F)c(NC(=O)Nc2ncnc3[nH]ccc23)c1F. The van der Waals surface area contributed by atoms with Crippen LogP contribution in [0.15, 0.2) is 30.7 Å². The van der Waals surface area contributed by atoms with Gasteiger partial charge in [-0.25, -0.2) is 23.5 Å². The van der Waals surface area contributed by atoms with E-state index in [1.165, 1.54) is 6.33 Å². The molecule has 0 aliphatic carbocycles. The molecule has 3 aromatic rings. The average Bonchev–Trinajstić information content (AvgIpc) is 3.00. The standard InChI is InChI=1S/C14H10F2N6O2/c15-8-2-1-6(11(17)23)9(16)10(8)21-14(24)22-13-7-3-4-18-12(7)19-5-20-13/h1-5H,(H2,17,23)(H3,18,19,20,21,22,24). The molecule has 1 aromatic carbocycles. The molecule has 5 N–H and O–H groups in total. The summed E-state index contributed by atoms with van der Waals surface area (Å²) in [6.45, 7) is 0. The third-order valence-electron chi connectivity index (χ3n) is 3.18. The summed E-state index contributed by atoms with van der Waals surface area (Å²) in [6.07, 6.45) is 2.81. The van der Waals surface area contributed by atoms with E-state index in [0.717, 1.165) is 12.1 Å². The molecule has 0 saturated heterocycles. The molecule has 10 heteroatoms. The van der Waals surface area contributed by atoms with Gasteiger partial charge in [-0.2, -0.15) is 0 Å². The number of benzene rings is 1. The molecular weight excluding hydrogens is 322 g/mol. The summed E-state index contributed by atoms with van der Waals surface area (Å²) >= 11 is 0. The van der Waals surface area contributed by atoms with Gasteiger partial charge in [0.2, 0.25) is 0 Å². The van der Waals surface area contributed by atoms with Gasteiger partial charge in [-0.05, 0) is 18.2 Å². The van der Waals surface area contributed by atoms with E-state index in [2.05, 4.69) is 20.3 Å². The molecule has 2 aromatic heterocycles. The van der Waals surface area contributed by atoms with E-state index < -0.39 is 34.8 Å². The van der Waals surface area contributed by atoms with Crippen molar-refractivity contribution in [2.75, 3.05) is 10.6 Å². The zero-order chi connectivity index (χ0) is 17.3. The lowest BCUT2D eigenvalue weighted by Crippen LogP contribution is -2.23. The van der Waals surface area contributed by atoms with Crippen LogP contribution in [0.1, 0.15) is 10.4 Å². The van der Waals surface area contributed by atoms with Crippen LogP contribution >= 0.6 is 0 Å². The molecule has 0 aliphatic rings. The van der Waals surface area contributed by atoms with Gasteiger partial charge in [-0.15, -0.1) is 0 Å². The van der Waals surface area contributed by atoms with Crippen LogP contribution < -0.4 is 16.4 Å². The number of amides is 3. The fourth-order valence-electron chi connectivity index (χ4n) is 2.08. The molecular formula is C14H10F2N6O2. The smallest absolute Gasteiger partial charge is 0.325 e. The summed E-state index contributed by atoms with van der Waals surface area (Å²) < 4.78 is 27.8. The van der Waals surface area contributed by atoms with Gasteiger partial charge in [0.1, 0.15) is 29.3 Å². The minimum absolute atomic E-state index is 0.144. The number of carbonyl (C=O) groups is 2. The molecule has 0 aliphatic heterocycles. The maximum atomic E-state index is 14.1. The van der Waals surface area contributed by atoms with Crippen LogP contribution in [0.4, 0.5) is 25.1 Å². The maximum absolute atomic E-state index is 14.1. The Morgan fingerprint density at radius 3 is 2.67 bits per heavy atom. The van der Waals surface area contributed by atoms with Crippen molar-refractivity contribution in [3.8, 4) is 0 Å². The van der Waals surface area contributed by atoms with Crippen molar-refractivity contribution in [3.63, 3.8) is 0 Å². The van der Waals surface area contributed by atoms with Gasteiger partial charge < -0.3 is 16.0 Å². The Kier molecular flexibility index (Phi) is 3.78. The molecule has 2 heterocycles. The zero-order valence-corrected chi connectivity index (χ0v) is 11.9. The predicted molar refractivity (Wildman–Crippen MR) is 81.4 cm³/mol. The topological polar surface area (TPSA) is 126 Å². The highest BCUT2D eigenvalue weighted by Gasteiger charge is 2.19. The molecule has 8 nitrogen and oxygen atoms in total. The Labute approximate surface area is 133 Å². The van der Waals surface area contributed by atoms with Crippen LogP contribution in [0.2, 0.25) is 0 Å². The summed E-state index contributed by atoms with van der Waals surface area (Å²) in [5.41, 5.74) is 4.14. The number of nitrogens with two attached hydrogens (primary N) is 1. The number of H-pyrrole nitrogens is 1. The summed E-state index contributed by atoms with van der Waals surface area (Å²) in [4.78, 5) is 33.7. The summed E-state index contributed by atoms with van der Waals surface area (Å²) in [7, 11) is 0. The lowest BCUT2D eigenvalue weighted by atomic mass is 10.1. The van der Waals surface area contributed by atoms with Crippen molar-refractivity contribution in [3.05, 3.63) is 47.9 Å². The van der Waals surface area contributed by atoms with Crippen LogP contribution in [-0.4, -0.2) is 26.9 Å². The number of rotatable bonds is 3. The van der Waals surface area contributed by atoms with Crippen LogP contribution in [0.5, 0.6) is 0 Å². The number of carbonyl (C=O) groups excluding carboxylic acids is 2. The predicted octanol–water partition coefficient (Wildman–Crippen LogP) is 1.98. The van der Waals surface area contributed by atoms with Crippen molar-refractivity contribution in [1.82, 2.24) is 15.0 Å². The highest BCUT2D eigenvalue weighted by molar-refractivity contribution is 6.04. The minimum atomic E-state index is -1.26. The molecule has 0 unspecified atom stereocenters. The lowest BCUT2D eigenvalue weighted by molar-refractivity contribution is 0.0996. The van der Waals surface area contributed by atoms with Gasteiger partial charge in [-0.3, -0.25) is 10.1 Å². The fraction of sp³-hybridized carbons (Fsp3) is 0. The molecule has 0 spiro atoms. The number of halogens is 2. The first-order chi connectivity index (χ1) is 11.5. The van der Waals surface area contributed by atoms with Crippen LogP contribution in [0.25, 0.3) is 11.0 Å². The number of primary amides is 1. The molecule has 0 saturated carbocycles. The Morgan fingerprint density at radius 2 is 1.92 bits per heavy atom. The van der Waals surface area contributed by atoms with Crippen molar-refractivity contribution in [1.29, 1.82) is 0 Å². The first kappa shape index (κ1) is 15.3. The Hall–Kier alpha value is -3.56. The first-order valence-corrected chi connectivity index (χ1v) is 6.61. The molecule has 3 rings (SSSR count). The van der Waals surface area contributed by atoms with Gasteiger partial charge in [0.05, 0.1) is 10.9 Å². The number of nitrogens with zero attached hydrogens (tertiary/aromatic N) is 2. The van der Waals surface area contributed by atoms with E-state index in [0.29, 0.717) is 11.0 Å². The number of hydrogen-bond acceptors (Lipinski definition) is 4. The highest BCUT2D eigenvalue weighted by Crippen LogP contribution is 2.23. The van der Waals surface area contributed by atoms with E-state index in [1.807, 2.05) is 5.32 Å². The number of fused-ring (bicyclic) bond motifs is 1. The largest absolute Gasteiger partial charge is 0.366 e. The van der Waals surface area contributed by atoms with E-state index in [-0.39, 0.29) is 5.82 Å². The second kappa shape index (κ2) is 5.91. The quantitative estimate of drug-likeness (QED) is 0.585. The fourth-order valence-corrected chi connectivity index (χ4v) is 2.08. The van der Waals surface area contributed by atoms with Gasteiger partial charge >= 0.3 is 6.03 Å². The number of urea groups is 1.